The summed E-state index contributed by atoms with van der Waals surface area (Å²) in [6.07, 6.45) is 1.51. The van der Waals surface area contributed by atoms with Crippen molar-refractivity contribution in [3.8, 4) is 11.8 Å². The van der Waals surface area contributed by atoms with Gasteiger partial charge in [0.15, 0.2) is 10.1 Å². The summed E-state index contributed by atoms with van der Waals surface area (Å²) in [6, 6.07) is 12.8. The van der Waals surface area contributed by atoms with Crippen molar-refractivity contribution in [1.82, 2.24) is 10.2 Å². The Morgan fingerprint density at radius 3 is 2.77 bits per heavy atom. The van der Waals surface area contributed by atoms with Crippen LogP contribution in [0.15, 0.2) is 69.5 Å². The van der Waals surface area contributed by atoms with E-state index >= 15 is 0 Å². The van der Waals surface area contributed by atoms with Gasteiger partial charge >= 0.3 is 0 Å². The molecule has 2 aromatic carbocycles. The van der Waals surface area contributed by atoms with Gasteiger partial charge < -0.3 is 15.8 Å². The molecule has 1 aromatic heterocycles. The first-order valence-corrected chi connectivity index (χ1v) is 14.3. The number of nitrogens with zero attached hydrogens (tertiary/aromatic N) is 4. The number of hydrogen-bond acceptors (Lipinski definition) is 10. The smallest absolute Gasteiger partial charge is 0.234 e. The zero-order valence-corrected chi connectivity index (χ0v) is 23.5. The maximum atomic E-state index is 13.6. The van der Waals surface area contributed by atoms with Crippen LogP contribution in [-0.2, 0) is 9.59 Å². The maximum Gasteiger partial charge on any atom is 0.234 e. The standard InChI is InChI=1S/C27H22ClFN6O3S2/c1-38-21-10-9-16(11-18(21)28)32-22(37)13-39-27-34-33-26(40-27)35-19-3-2-4-20(36)24(19)23(17(12-30)25(35)31)14-5-7-15(29)8-6-14/h5-11,23H,2-4,13,31H2,1H3,(H,32,37). The molecule has 0 radical (unpaired) electrons. The number of nitriles is 1. The van der Waals surface area contributed by atoms with Crippen molar-refractivity contribution in [2.45, 2.75) is 29.5 Å². The van der Waals surface area contributed by atoms with E-state index in [2.05, 4.69) is 21.6 Å². The maximum absolute atomic E-state index is 13.6. The molecule has 0 saturated carbocycles. The molecule has 204 valence electrons. The van der Waals surface area contributed by atoms with Crippen LogP contribution in [0.3, 0.4) is 0 Å². The first kappa shape index (κ1) is 27.6. The Hall–Kier alpha value is -3.92. The second-order valence-corrected chi connectivity index (χ2v) is 11.5. The molecule has 0 fully saturated rings. The van der Waals surface area contributed by atoms with Crippen molar-refractivity contribution >= 4 is 57.2 Å². The molecule has 1 unspecified atom stereocenters. The van der Waals surface area contributed by atoms with Crippen LogP contribution >= 0.6 is 34.7 Å². The number of benzene rings is 2. The summed E-state index contributed by atoms with van der Waals surface area (Å²) < 4.78 is 19.3. The number of anilines is 2. The number of nitrogens with two attached hydrogens (primary N) is 1. The van der Waals surface area contributed by atoms with Crippen LogP contribution < -0.4 is 20.7 Å². The van der Waals surface area contributed by atoms with E-state index in [0.29, 0.717) is 62.0 Å². The predicted octanol–water partition coefficient (Wildman–Crippen LogP) is 5.37. The van der Waals surface area contributed by atoms with Crippen molar-refractivity contribution in [2.24, 2.45) is 5.73 Å². The molecule has 3 N–H and O–H groups in total. The van der Waals surface area contributed by atoms with E-state index in [1.807, 2.05) is 0 Å². The molecule has 1 amide bonds. The Balaban J connectivity index is 1.38. The van der Waals surface area contributed by atoms with E-state index in [-0.39, 0.29) is 28.8 Å². The highest BCUT2D eigenvalue weighted by molar-refractivity contribution is 8.01. The average Bonchev–Trinajstić information content (AvgIpc) is 3.40. The van der Waals surface area contributed by atoms with E-state index in [9.17, 15) is 19.2 Å². The van der Waals surface area contributed by atoms with E-state index in [0.717, 1.165) is 0 Å². The normalized spacial score (nSPS) is 17.0. The summed E-state index contributed by atoms with van der Waals surface area (Å²) in [4.78, 5) is 27.3. The Labute approximate surface area is 242 Å². The molecule has 1 atom stereocenters. The molecule has 1 aliphatic heterocycles. The van der Waals surface area contributed by atoms with Crippen LogP contribution in [0.1, 0.15) is 30.7 Å². The van der Waals surface area contributed by atoms with Gasteiger partial charge in [-0.1, -0.05) is 46.8 Å². The highest BCUT2D eigenvalue weighted by atomic mass is 35.5. The van der Waals surface area contributed by atoms with E-state index < -0.39 is 11.7 Å². The number of carbonyl (C=O) groups excluding carboxylic acids is 2. The molecule has 0 saturated heterocycles. The average molecular weight is 597 g/mol. The molecular formula is C27H22ClFN6O3S2. The third-order valence-electron chi connectivity index (χ3n) is 6.47. The van der Waals surface area contributed by atoms with Crippen molar-refractivity contribution in [2.75, 3.05) is 23.1 Å². The van der Waals surface area contributed by atoms with Crippen molar-refractivity contribution < 1.29 is 18.7 Å². The van der Waals surface area contributed by atoms with Gasteiger partial charge in [0.05, 0.1) is 35.4 Å². The summed E-state index contributed by atoms with van der Waals surface area (Å²) in [5.74, 6) is -0.753. The number of nitrogens with one attached hydrogen (secondary N) is 1. The highest BCUT2D eigenvalue weighted by Crippen LogP contribution is 2.47. The quantitative estimate of drug-likeness (QED) is 0.345. The summed E-state index contributed by atoms with van der Waals surface area (Å²) >= 11 is 8.51. The van der Waals surface area contributed by atoms with Gasteiger partial charge in [-0.3, -0.25) is 14.5 Å². The zero-order valence-electron chi connectivity index (χ0n) is 21.1. The van der Waals surface area contributed by atoms with E-state index in [1.54, 1.807) is 35.2 Å². The van der Waals surface area contributed by atoms with Crippen LogP contribution in [-0.4, -0.2) is 34.8 Å². The lowest BCUT2D eigenvalue weighted by Crippen LogP contribution is -2.38. The van der Waals surface area contributed by atoms with Gasteiger partial charge in [-0.15, -0.1) is 10.2 Å². The molecule has 3 aromatic rings. The van der Waals surface area contributed by atoms with Gasteiger partial charge in [0.2, 0.25) is 11.0 Å². The van der Waals surface area contributed by atoms with Gasteiger partial charge in [0.25, 0.3) is 0 Å². The Morgan fingerprint density at radius 1 is 1.30 bits per heavy atom. The third kappa shape index (κ3) is 5.40. The molecule has 2 heterocycles. The summed E-state index contributed by atoms with van der Waals surface area (Å²) in [7, 11) is 1.51. The molecule has 5 rings (SSSR count). The second kappa shape index (κ2) is 11.7. The lowest BCUT2D eigenvalue weighted by atomic mass is 9.76. The fourth-order valence-electron chi connectivity index (χ4n) is 4.71. The zero-order chi connectivity index (χ0) is 28.4. The minimum absolute atomic E-state index is 0.0616. The number of amides is 1. The third-order valence-corrected chi connectivity index (χ3v) is 8.80. The number of hydrogen-bond donors (Lipinski definition) is 2. The van der Waals surface area contributed by atoms with Crippen LogP contribution in [0.4, 0.5) is 15.2 Å². The van der Waals surface area contributed by atoms with Crippen molar-refractivity contribution in [3.05, 3.63) is 81.5 Å². The summed E-state index contributed by atoms with van der Waals surface area (Å²) in [6.45, 7) is 0. The van der Waals surface area contributed by atoms with Gasteiger partial charge in [0, 0.05) is 23.4 Å². The van der Waals surface area contributed by atoms with Crippen molar-refractivity contribution in [3.63, 3.8) is 0 Å². The number of halogens is 2. The minimum atomic E-state index is -0.693. The van der Waals surface area contributed by atoms with E-state index in [4.69, 9.17) is 22.1 Å². The Morgan fingerprint density at radius 2 is 2.08 bits per heavy atom. The molecule has 9 nitrogen and oxygen atoms in total. The number of thioether (sulfide) groups is 1. The minimum Gasteiger partial charge on any atom is -0.495 e. The summed E-state index contributed by atoms with van der Waals surface area (Å²) in [5.41, 5.74) is 8.98. The van der Waals surface area contributed by atoms with Gasteiger partial charge in [-0.25, -0.2) is 4.39 Å². The number of ketones is 1. The molecule has 0 spiro atoms. The summed E-state index contributed by atoms with van der Waals surface area (Å²) in [5, 5.41) is 22.1. The Kier molecular flexibility index (Phi) is 8.07. The lowest BCUT2D eigenvalue weighted by Gasteiger charge is -2.38. The van der Waals surface area contributed by atoms with Gasteiger partial charge in [-0.2, -0.15) is 5.26 Å². The van der Waals surface area contributed by atoms with Crippen LogP contribution in [0.2, 0.25) is 5.02 Å². The Bertz CT molecular complexity index is 1600. The molecule has 2 aliphatic rings. The number of allylic oxidation sites excluding steroid dienone is 3. The topological polar surface area (TPSA) is 134 Å². The number of rotatable bonds is 7. The van der Waals surface area contributed by atoms with Gasteiger partial charge in [0.1, 0.15) is 17.4 Å². The first-order valence-electron chi connectivity index (χ1n) is 12.1. The second-order valence-electron chi connectivity index (χ2n) is 8.90. The van der Waals surface area contributed by atoms with E-state index in [1.165, 1.54) is 42.3 Å². The van der Waals surface area contributed by atoms with Crippen molar-refractivity contribution in [1.29, 1.82) is 5.26 Å². The molecule has 13 heteroatoms. The first-order chi connectivity index (χ1) is 19.3. The largest absolute Gasteiger partial charge is 0.495 e. The number of Topliss-reactive ketones (excluding diaryl/α,β-unsaturated/α-hetero) is 1. The number of methoxy groups -OCH3 is 1. The van der Waals surface area contributed by atoms with Crippen LogP contribution in [0, 0.1) is 17.1 Å². The fraction of sp³-hybridized carbons (Fsp3) is 0.222. The monoisotopic (exact) mass is 596 g/mol. The number of aromatic nitrogens is 2. The molecule has 1 aliphatic carbocycles. The number of carbonyl (C=O) groups is 2. The van der Waals surface area contributed by atoms with Crippen LogP contribution in [0.5, 0.6) is 5.75 Å². The fourth-order valence-corrected chi connectivity index (χ4v) is 6.65. The SMILES string of the molecule is COc1ccc(NC(=O)CSc2nnc(N3C(N)=C(C#N)C(c4ccc(F)cc4)C4=C3CCCC4=O)s2)cc1Cl. The molecular weight excluding hydrogens is 575 g/mol. The molecule has 0 bridgehead atoms. The molecule has 40 heavy (non-hydrogen) atoms. The lowest BCUT2D eigenvalue weighted by molar-refractivity contribution is -0.116. The number of ether oxygens (including phenoxy) is 1. The predicted molar refractivity (Wildman–Crippen MR) is 152 cm³/mol. The highest BCUT2D eigenvalue weighted by Gasteiger charge is 2.41. The van der Waals surface area contributed by atoms with Crippen LogP contribution in [0.25, 0.3) is 0 Å². The van der Waals surface area contributed by atoms with Gasteiger partial charge in [-0.05, 0) is 48.7 Å².